The van der Waals surface area contributed by atoms with Gasteiger partial charge >= 0.3 is 0 Å². The molecule has 0 unspecified atom stereocenters. The molecular weight excluding hydrogens is 174 g/mol. The fourth-order valence-corrected chi connectivity index (χ4v) is 1.27. The largest absolute Gasteiger partial charge is 0.314 e. The summed E-state index contributed by atoms with van der Waals surface area (Å²) in [5.41, 5.74) is 3.67. The van der Waals surface area contributed by atoms with Crippen LogP contribution in [-0.4, -0.2) is 17.3 Å². The lowest BCUT2D eigenvalue weighted by atomic mass is 10.1. The van der Waals surface area contributed by atoms with E-state index in [-0.39, 0.29) is 0 Å². The Hall–Kier alpha value is -0.860. The van der Waals surface area contributed by atoms with Gasteiger partial charge in [-0.1, -0.05) is 37.6 Å². The fourth-order valence-electron chi connectivity index (χ4n) is 1.27. The standard InChI is InChI=1S/C10H15NO.C2H6/c1-8-4-5-10(7-11(3)12)9(2)6-8;1-2/h4-6,12H,7H2,1-3H3;1-2H3. The smallest absolute Gasteiger partial charge is 0.0488 e. The van der Waals surface area contributed by atoms with Gasteiger partial charge in [-0.05, 0) is 25.0 Å². The number of hydrogen-bond acceptors (Lipinski definition) is 2. The van der Waals surface area contributed by atoms with E-state index >= 15 is 0 Å². The van der Waals surface area contributed by atoms with Gasteiger partial charge in [0.2, 0.25) is 0 Å². The summed E-state index contributed by atoms with van der Waals surface area (Å²) >= 11 is 0. The molecule has 0 aromatic heterocycles. The van der Waals surface area contributed by atoms with Crippen molar-refractivity contribution in [1.82, 2.24) is 5.06 Å². The monoisotopic (exact) mass is 195 g/mol. The number of hydroxylamine groups is 2. The average molecular weight is 195 g/mol. The van der Waals surface area contributed by atoms with Crippen molar-refractivity contribution in [3.63, 3.8) is 0 Å². The topological polar surface area (TPSA) is 23.5 Å². The van der Waals surface area contributed by atoms with E-state index in [2.05, 4.69) is 32.0 Å². The molecule has 0 spiro atoms. The molecule has 1 aromatic rings. The molecule has 0 aliphatic carbocycles. The van der Waals surface area contributed by atoms with Crippen molar-refractivity contribution in [1.29, 1.82) is 0 Å². The zero-order chi connectivity index (χ0) is 11.1. The lowest BCUT2D eigenvalue weighted by Crippen LogP contribution is -2.12. The molecule has 0 heterocycles. The molecule has 0 aliphatic rings. The molecule has 0 bridgehead atoms. The summed E-state index contributed by atoms with van der Waals surface area (Å²) in [7, 11) is 1.65. The van der Waals surface area contributed by atoms with Gasteiger partial charge in [0, 0.05) is 13.6 Å². The summed E-state index contributed by atoms with van der Waals surface area (Å²) in [5, 5.41) is 10.2. The summed E-state index contributed by atoms with van der Waals surface area (Å²) < 4.78 is 0. The summed E-state index contributed by atoms with van der Waals surface area (Å²) in [6.45, 7) is 8.72. The van der Waals surface area contributed by atoms with Crippen LogP contribution in [0.15, 0.2) is 18.2 Å². The maximum absolute atomic E-state index is 9.03. The first kappa shape index (κ1) is 13.1. The Kier molecular flexibility index (Phi) is 6.17. The van der Waals surface area contributed by atoms with E-state index in [0.717, 1.165) is 0 Å². The van der Waals surface area contributed by atoms with Crippen LogP contribution in [0.5, 0.6) is 0 Å². The number of aryl methyl sites for hydroxylation is 2. The van der Waals surface area contributed by atoms with E-state index in [4.69, 9.17) is 5.21 Å². The van der Waals surface area contributed by atoms with Gasteiger partial charge in [-0.3, -0.25) is 0 Å². The molecule has 2 heteroatoms. The van der Waals surface area contributed by atoms with Crippen molar-refractivity contribution in [3.8, 4) is 0 Å². The van der Waals surface area contributed by atoms with Crippen LogP contribution in [0.4, 0.5) is 0 Å². The molecule has 14 heavy (non-hydrogen) atoms. The zero-order valence-electron chi connectivity index (χ0n) is 9.83. The van der Waals surface area contributed by atoms with Crippen molar-refractivity contribution in [3.05, 3.63) is 34.9 Å². The molecule has 0 aliphatic heterocycles. The third-order valence-corrected chi connectivity index (χ3v) is 1.90. The molecule has 1 aromatic carbocycles. The molecule has 0 saturated carbocycles. The quantitative estimate of drug-likeness (QED) is 0.733. The number of rotatable bonds is 2. The Morgan fingerprint density at radius 2 is 1.79 bits per heavy atom. The highest BCUT2D eigenvalue weighted by Gasteiger charge is 1.99. The summed E-state index contributed by atoms with van der Waals surface area (Å²) in [6, 6.07) is 6.24. The number of hydrogen-bond donors (Lipinski definition) is 1. The number of benzene rings is 1. The minimum absolute atomic E-state index is 0.589. The van der Waals surface area contributed by atoms with Crippen LogP contribution in [0.25, 0.3) is 0 Å². The lowest BCUT2D eigenvalue weighted by Gasteiger charge is -2.10. The van der Waals surface area contributed by atoms with Gasteiger partial charge < -0.3 is 5.21 Å². The SMILES string of the molecule is CC.Cc1ccc(CN(C)O)c(C)c1. The molecule has 0 atom stereocenters. The predicted octanol–water partition coefficient (Wildman–Crippen LogP) is 3.15. The highest BCUT2D eigenvalue weighted by Crippen LogP contribution is 2.11. The highest BCUT2D eigenvalue weighted by molar-refractivity contribution is 5.30. The van der Waals surface area contributed by atoms with Crippen LogP contribution in [0.2, 0.25) is 0 Å². The van der Waals surface area contributed by atoms with Crippen LogP contribution in [0.3, 0.4) is 0 Å². The van der Waals surface area contributed by atoms with Crippen molar-refractivity contribution in [2.45, 2.75) is 34.2 Å². The summed E-state index contributed by atoms with van der Waals surface area (Å²) in [6.07, 6.45) is 0. The van der Waals surface area contributed by atoms with Gasteiger partial charge in [0.1, 0.15) is 0 Å². The maximum atomic E-state index is 9.03. The van der Waals surface area contributed by atoms with Crippen LogP contribution in [0.1, 0.15) is 30.5 Å². The molecule has 1 rings (SSSR count). The van der Waals surface area contributed by atoms with Crippen molar-refractivity contribution in [2.24, 2.45) is 0 Å². The third-order valence-electron chi connectivity index (χ3n) is 1.90. The van der Waals surface area contributed by atoms with Gasteiger partial charge in [-0.15, -0.1) is 0 Å². The van der Waals surface area contributed by atoms with Crippen molar-refractivity contribution in [2.75, 3.05) is 7.05 Å². The average Bonchev–Trinajstić information content (AvgIpc) is 2.13. The third kappa shape index (κ3) is 4.40. The first-order valence-electron chi connectivity index (χ1n) is 5.06. The predicted molar refractivity (Wildman–Crippen MR) is 60.5 cm³/mol. The Bertz CT molecular complexity index is 269. The van der Waals surface area contributed by atoms with Gasteiger partial charge in [0.15, 0.2) is 0 Å². The van der Waals surface area contributed by atoms with E-state index in [9.17, 15) is 0 Å². The summed E-state index contributed by atoms with van der Waals surface area (Å²) in [5.74, 6) is 0. The molecular formula is C12H21NO. The first-order chi connectivity index (χ1) is 6.59. The Balaban J connectivity index is 0.000000791. The molecule has 1 N–H and O–H groups in total. The van der Waals surface area contributed by atoms with Crippen molar-refractivity contribution >= 4 is 0 Å². The molecule has 0 amide bonds. The van der Waals surface area contributed by atoms with E-state index in [1.807, 2.05) is 13.8 Å². The minimum atomic E-state index is 0.589. The Morgan fingerprint density at radius 3 is 2.21 bits per heavy atom. The van der Waals surface area contributed by atoms with Crippen LogP contribution < -0.4 is 0 Å². The van der Waals surface area contributed by atoms with E-state index in [1.165, 1.54) is 21.8 Å². The second-order valence-corrected chi connectivity index (χ2v) is 3.25. The van der Waals surface area contributed by atoms with Crippen LogP contribution in [-0.2, 0) is 6.54 Å². The van der Waals surface area contributed by atoms with Crippen LogP contribution >= 0.6 is 0 Å². The van der Waals surface area contributed by atoms with Gasteiger partial charge in [0.05, 0.1) is 0 Å². The maximum Gasteiger partial charge on any atom is 0.0488 e. The van der Waals surface area contributed by atoms with E-state index in [1.54, 1.807) is 7.05 Å². The molecule has 80 valence electrons. The van der Waals surface area contributed by atoms with Crippen LogP contribution in [0, 0.1) is 13.8 Å². The fraction of sp³-hybridized carbons (Fsp3) is 0.500. The van der Waals surface area contributed by atoms with Crippen molar-refractivity contribution < 1.29 is 5.21 Å². The Morgan fingerprint density at radius 1 is 1.21 bits per heavy atom. The second-order valence-electron chi connectivity index (χ2n) is 3.25. The second kappa shape index (κ2) is 6.57. The Labute approximate surface area is 87.1 Å². The minimum Gasteiger partial charge on any atom is -0.314 e. The number of nitrogens with zero attached hydrogens (tertiary/aromatic N) is 1. The zero-order valence-corrected chi connectivity index (χ0v) is 9.83. The van der Waals surface area contributed by atoms with E-state index in [0.29, 0.717) is 6.54 Å². The van der Waals surface area contributed by atoms with Gasteiger partial charge in [-0.2, -0.15) is 5.06 Å². The molecule has 2 nitrogen and oxygen atoms in total. The van der Waals surface area contributed by atoms with Gasteiger partial charge in [0.25, 0.3) is 0 Å². The normalized spacial score (nSPS) is 9.64. The first-order valence-corrected chi connectivity index (χ1v) is 5.06. The van der Waals surface area contributed by atoms with E-state index < -0.39 is 0 Å². The summed E-state index contributed by atoms with van der Waals surface area (Å²) in [4.78, 5) is 0. The molecule has 0 saturated heterocycles. The van der Waals surface area contributed by atoms with Gasteiger partial charge in [-0.25, -0.2) is 0 Å². The molecule has 0 fully saturated rings. The molecule has 0 radical (unpaired) electrons. The lowest BCUT2D eigenvalue weighted by molar-refractivity contribution is -0.0732. The highest BCUT2D eigenvalue weighted by atomic mass is 16.5.